The number of fused-ring (bicyclic) bond motifs is 1. The Morgan fingerprint density at radius 1 is 0.567 bits per heavy atom. The van der Waals surface area contributed by atoms with E-state index in [2.05, 4.69) is 69.4 Å². The van der Waals surface area contributed by atoms with Crippen molar-refractivity contribution in [2.45, 2.75) is 6.42 Å². The summed E-state index contributed by atoms with van der Waals surface area (Å²) in [7, 11) is 0. The molecule has 4 rings (SSSR count). The zero-order valence-corrected chi connectivity index (χ0v) is 17.4. The summed E-state index contributed by atoms with van der Waals surface area (Å²) in [5.41, 5.74) is 6.46. The molecule has 2 nitrogen and oxygen atoms in total. The van der Waals surface area contributed by atoms with Crippen LogP contribution >= 0.6 is 11.7 Å². The lowest BCUT2D eigenvalue weighted by atomic mass is 9.96. The molecular weight excluding hydrogens is 384 g/mol. The van der Waals surface area contributed by atoms with Gasteiger partial charge in [0.25, 0.3) is 0 Å². The van der Waals surface area contributed by atoms with Gasteiger partial charge in [-0.1, -0.05) is 121 Å². The Labute approximate surface area is 181 Å². The number of allylic oxidation sites excluding steroid dienone is 10. The molecule has 0 saturated carbocycles. The van der Waals surface area contributed by atoms with Crippen LogP contribution in [0.5, 0.6) is 0 Å². The van der Waals surface area contributed by atoms with Gasteiger partial charge in [0.2, 0.25) is 0 Å². The summed E-state index contributed by atoms with van der Waals surface area (Å²) >= 11 is 1.27. The predicted molar refractivity (Wildman–Crippen MR) is 130 cm³/mol. The first-order chi connectivity index (χ1) is 14.9. The van der Waals surface area contributed by atoms with Gasteiger partial charge in [-0.2, -0.15) is 8.75 Å². The summed E-state index contributed by atoms with van der Waals surface area (Å²) < 4.78 is 9.31. The highest BCUT2D eigenvalue weighted by Gasteiger charge is 2.13. The number of hydrogen-bond donors (Lipinski definition) is 0. The maximum atomic E-state index is 4.66. The monoisotopic (exact) mass is 406 g/mol. The maximum Gasteiger partial charge on any atom is 0.113 e. The molecule has 146 valence electrons. The molecule has 3 aromatic rings. The van der Waals surface area contributed by atoms with Crippen LogP contribution in [0, 0.1) is 0 Å². The van der Waals surface area contributed by atoms with Crippen molar-refractivity contribution < 1.29 is 0 Å². The number of nitrogens with zero attached hydrogens (tertiary/aromatic N) is 2. The van der Waals surface area contributed by atoms with Crippen LogP contribution in [-0.2, 0) is 0 Å². The standard InChI is InChI=1S/C27H22N2S/c1-2-5-9-13-17-22(16-12-8-4-1)24-20-21-25(27-26(24)28-30-29-27)23-18-14-10-6-3-7-11-15-19-23/h1-16,18-21H,17H2/b4-1-,5-2-,6-3?,7-3?,10-6?,11-7?,12-8-,13-9?,14-10?,15-11?,18-14?,19-15?,22-16+,23-18?,23-19?. The highest BCUT2D eigenvalue weighted by Crippen LogP contribution is 2.33. The molecule has 0 N–H and O–H groups in total. The normalized spacial score (nSPS) is 18.5. The lowest BCUT2D eigenvalue weighted by Crippen LogP contribution is -1.89. The van der Waals surface area contributed by atoms with Gasteiger partial charge in [0.05, 0.1) is 11.7 Å². The zero-order valence-electron chi connectivity index (χ0n) is 16.6. The first-order valence-electron chi connectivity index (χ1n) is 9.93. The molecule has 1 aromatic heterocycles. The molecule has 0 atom stereocenters. The van der Waals surface area contributed by atoms with Crippen LogP contribution in [0.3, 0.4) is 0 Å². The van der Waals surface area contributed by atoms with Crippen LogP contribution in [0.2, 0.25) is 0 Å². The van der Waals surface area contributed by atoms with Crippen LogP contribution < -0.4 is 0 Å². The Morgan fingerprint density at radius 2 is 1.13 bits per heavy atom. The Hall–Kier alpha value is -3.56. The van der Waals surface area contributed by atoms with Crippen LogP contribution in [0.4, 0.5) is 0 Å². The number of aromatic nitrogens is 2. The Morgan fingerprint density at radius 3 is 1.87 bits per heavy atom. The lowest BCUT2D eigenvalue weighted by molar-refractivity contribution is 1.39. The Bertz CT molecular complexity index is 1200. The van der Waals surface area contributed by atoms with Crippen molar-refractivity contribution >= 4 is 28.3 Å². The molecule has 0 saturated heterocycles. The van der Waals surface area contributed by atoms with Gasteiger partial charge in [-0.25, -0.2) is 0 Å². The molecule has 1 aliphatic carbocycles. The summed E-state index contributed by atoms with van der Waals surface area (Å²) in [4.78, 5) is 0. The molecule has 0 amide bonds. The molecule has 2 aromatic carbocycles. The van der Waals surface area contributed by atoms with E-state index in [1.807, 2.05) is 60.7 Å². The third-order valence-electron chi connectivity index (χ3n) is 4.73. The van der Waals surface area contributed by atoms with E-state index < -0.39 is 0 Å². The molecule has 1 aliphatic rings. The molecule has 3 heteroatoms. The average Bonchev–Trinajstić information content (AvgIpc) is 3.24. The summed E-state index contributed by atoms with van der Waals surface area (Å²) in [6.45, 7) is 0. The van der Waals surface area contributed by atoms with E-state index in [1.54, 1.807) is 0 Å². The minimum atomic E-state index is 0.836. The van der Waals surface area contributed by atoms with Crippen molar-refractivity contribution in [1.82, 2.24) is 8.75 Å². The van der Waals surface area contributed by atoms with Crippen LogP contribution in [0.15, 0.2) is 121 Å². The SMILES string of the molecule is C1=CC\C(c2ccc(-c3ccccccccc3)c3nsnc23)=C/C=C\C=C/C=C\1. The fraction of sp³-hybridized carbons (Fsp3) is 0.0370. The molecular formula is C27H22N2S. The van der Waals surface area contributed by atoms with E-state index in [-0.39, 0.29) is 0 Å². The fourth-order valence-corrected chi connectivity index (χ4v) is 3.84. The number of benzene rings is 1. The lowest BCUT2D eigenvalue weighted by Gasteiger charge is -2.08. The van der Waals surface area contributed by atoms with Crippen molar-refractivity contribution in [1.29, 1.82) is 0 Å². The topological polar surface area (TPSA) is 25.8 Å². The van der Waals surface area contributed by atoms with Gasteiger partial charge in [-0.3, -0.25) is 0 Å². The quantitative estimate of drug-likeness (QED) is 0.440. The zero-order chi connectivity index (χ0) is 20.4. The van der Waals surface area contributed by atoms with E-state index in [1.165, 1.54) is 17.3 Å². The summed E-state index contributed by atoms with van der Waals surface area (Å²) in [6.07, 6.45) is 19.5. The number of rotatable bonds is 2. The second kappa shape index (κ2) is 10.3. The van der Waals surface area contributed by atoms with E-state index in [9.17, 15) is 0 Å². The third kappa shape index (κ3) is 4.88. The minimum absolute atomic E-state index is 0.836. The molecule has 0 spiro atoms. The van der Waals surface area contributed by atoms with Gasteiger partial charge in [-0.05, 0) is 17.6 Å². The van der Waals surface area contributed by atoms with Crippen molar-refractivity contribution in [3.8, 4) is 11.1 Å². The van der Waals surface area contributed by atoms with Gasteiger partial charge in [0.15, 0.2) is 0 Å². The van der Waals surface area contributed by atoms with Crippen molar-refractivity contribution in [3.05, 3.63) is 127 Å². The first-order valence-corrected chi connectivity index (χ1v) is 10.7. The average molecular weight is 407 g/mol. The highest BCUT2D eigenvalue weighted by atomic mass is 32.1. The smallest absolute Gasteiger partial charge is 0.113 e. The van der Waals surface area contributed by atoms with E-state index in [0.717, 1.165) is 34.1 Å². The van der Waals surface area contributed by atoms with E-state index in [4.69, 9.17) is 0 Å². The summed E-state index contributed by atoms with van der Waals surface area (Å²) in [5, 5.41) is 0. The third-order valence-corrected chi connectivity index (χ3v) is 5.26. The van der Waals surface area contributed by atoms with E-state index in [0.29, 0.717) is 0 Å². The molecule has 0 fully saturated rings. The molecule has 30 heavy (non-hydrogen) atoms. The predicted octanol–water partition coefficient (Wildman–Crippen LogP) is 7.49. The van der Waals surface area contributed by atoms with Crippen molar-refractivity contribution in [2.24, 2.45) is 0 Å². The molecule has 0 aliphatic heterocycles. The Kier molecular flexibility index (Phi) is 6.77. The maximum absolute atomic E-state index is 4.66. The first kappa shape index (κ1) is 19.7. The van der Waals surface area contributed by atoms with Crippen LogP contribution in [0.1, 0.15) is 12.0 Å². The van der Waals surface area contributed by atoms with Crippen LogP contribution in [0.25, 0.3) is 27.7 Å². The highest BCUT2D eigenvalue weighted by molar-refractivity contribution is 7.00. The minimum Gasteiger partial charge on any atom is -0.172 e. The molecule has 1 heterocycles. The van der Waals surface area contributed by atoms with Gasteiger partial charge in [-0.15, -0.1) is 0 Å². The summed E-state index contributed by atoms with van der Waals surface area (Å²) in [5.74, 6) is 0. The van der Waals surface area contributed by atoms with Gasteiger partial charge in [0, 0.05) is 11.1 Å². The van der Waals surface area contributed by atoms with Gasteiger partial charge < -0.3 is 0 Å². The Balaban J connectivity index is 1.83. The summed E-state index contributed by atoms with van der Waals surface area (Å²) in [6, 6.07) is 22.8. The second-order valence-corrected chi connectivity index (χ2v) is 7.27. The van der Waals surface area contributed by atoms with Crippen LogP contribution in [-0.4, -0.2) is 8.75 Å². The van der Waals surface area contributed by atoms with E-state index >= 15 is 0 Å². The van der Waals surface area contributed by atoms with Gasteiger partial charge in [0.1, 0.15) is 11.0 Å². The second-order valence-electron chi connectivity index (χ2n) is 6.74. The largest absolute Gasteiger partial charge is 0.172 e. The molecule has 0 bridgehead atoms. The van der Waals surface area contributed by atoms with Gasteiger partial charge >= 0.3 is 0 Å². The fourth-order valence-electron chi connectivity index (χ4n) is 3.27. The van der Waals surface area contributed by atoms with Crippen molar-refractivity contribution in [2.75, 3.05) is 0 Å². The molecule has 0 radical (unpaired) electrons. The number of hydrogen-bond acceptors (Lipinski definition) is 3. The molecule has 0 unspecified atom stereocenters. The van der Waals surface area contributed by atoms with Crippen molar-refractivity contribution in [3.63, 3.8) is 0 Å².